The van der Waals surface area contributed by atoms with Gasteiger partial charge in [-0.3, -0.25) is 0 Å². The van der Waals surface area contributed by atoms with E-state index in [-0.39, 0.29) is 6.03 Å². The number of carbonyl (C=O) groups excluding carboxylic acids is 1. The zero-order valence-corrected chi connectivity index (χ0v) is 12.4. The van der Waals surface area contributed by atoms with E-state index in [1.165, 1.54) is 19.3 Å². The van der Waals surface area contributed by atoms with E-state index in [9.17, 15) is 4.79 Å². The predicted octanol–water partition coefficient (Wildman–Crippen LogP) is 2.24. The first-order valence-corrected chi connectivity index (χ1v) is 7.59. The lowest BCUT2D eigenvalue weighted by atomic mass is 9.70. The zero-order valence-electron chi connectivity index (χ0n) is 12.4. The van der Waals surface area contributed by atoms with Gasteiger partial charge in [-0.2, -0.15) is 0 Å². The van der Waals surface area contributed by atoms with Crippen LogP contribution in [0.3, 0.4) is 0 Å². The number of urea groups is 1. The molecule has 2 bridgehead atoms. The van der Waals surface area contributed by atoms with Crippen LogP contribution in [0.2, 0.25) is 0 Å². The minimum atomic E-state index is 0.0584. The number of rotatable bonds is 4. The summed E-state index contributed by atoms with van der Waals surface area (Å²) in [7, 11) is 0. The smallest absolute Gasteiger partial charge is 0.317 e. The van der Waals surface area contributed by atoms with Crippen molar-refractivity contribution in [3.05, 3.63) is 0 Å². The summed E-state index contributed by atoms with van der Waals surface area (Å²) in [6.45, 7) is 10.2. The fourth-order valence-corrected chi connectivity index (χ4v) is 4.41. The van der Waals surface area contributed by atoms with Gasteiger partial charge in [0.15, 0.2) is 0 Å². The second kappa shape index (κ2) is 4.37. The van der Waals surface area contributed by atoms with E-state index in [4.69, 9.17) is 4.74 Å². The first-order valence-electron chi connectivity index (χ1n) is 7.59. The fourth-order valence-electron chi connectivity index (χ4n) is 4.41. The molecule has 3 atom stereocenters. The molecule has 2 saturated carbocycles. The quantitative estimate of drug-likeness (QED) is 0.848. The molecule has 3 unspecified atom stereocenters. The standard InChI is InChI=1S/C15H26N2O2/c1-14(2)11-4-5-15(14,3)12(10-11)19-9-8-17-7-6-16-13(17)18/h11-12H,4-10H2,1-3H3,(H,16,18). The highest BCUT2D eigenvalue weighted by atomic mass is 16.5. The summed E-state index contributed by atoms with van der Waals surface area (Å²) in [4.78, 5) is 13.3. The highest BCUT2D eigenvalue weighted by Crippen LogP contribution is 2.66. The predicted molar refractivity (Wildman–Crippen MR) is 73.9 cm³/mol. The maximum Gasteiger partial charge on any atom is 0.317 e. The first kappa shape index (κ1) is 13.2. The van der Waals surface area contributed by atoms with Crippen molar-refractivity contribution in [1.29, 1.82) is 0 Å². The van der Waals surface area contributed by atoms with Crippen molar-refractivity contribution in [2.45, 2.75) is 46.1 Å². The van der Waals surface area contributed by atoms with Crippen molar-refractivity contribution in [3.63, 3.8) is 0 Å². The van der Waals surface area contributed by atoms with Gasteiger partial charge >= 0.3 is 6.03 Å². The average Bonchev–Trinajstić information content (AvgIpc) is 2.91. The number of nitrogens with one attached hydrogen (secondary N) is 1. The van der Waals surface area contributed by atoms with Crippen molar-refractivity contribution in [1.82, 2.24) is 10.2 Å². The van der Waals surface area contributed by atoms with Gasteiger partial charge in [0.25, 0.3) is 0 Å². The van der Waals surface area contributed by atoms with Crippen molar-refractivity contribution in [2.75, 3.05) is 26.2 Å². The summed E-state index contributed by atoms with van der Waals surface area (Å²) in [6.07, 6.45) is 4.24. The Bertz CT molecular complexity index is 382. The van der Waals surface area contributed by atoms with E-state index in [0.29, 0.717) is 23.5 Å². The molecule has 0 aromatic carbocycles. The van der Waals surface area contributed by atoms with Gasteiger partial charge in [-0.05, 0) is 36.0 Å². The van der Waals surface area contributed by atoms with Gasteiger partial charge in [0, 0.05) is 19.6 Å². The van der Waals surface area contributed by atoms with Gasteiger partial charge in [0.1, 0.15) is 0 Å². The Kier molecular flexibility index (Phi) is 3.04. The summed E-state index contributed by atoms with van der Waals surface area (Å²) in [5, 5.41) is 2.83. The zero-order chi connectivity index (χ0) is 13.7. The summed E-state index contributed by atoms with van der Waals surface area (Å²) in [5.41, 5.74) is 0.730. The topological polar surface area (TPSA) is 41.6 Å². The molecule has 19 heavy (non-hydrogen) atoms. The maximum atomic E-state index is 11.5. The lowest BCUT2D eigenvalue weighted by Gasteiger charge is -2.39. The summed E-state index contributed by atoms with van der Waals surface area (Å²) in [6, 6.07) is 0.0584. The Labute approximate surface area is 115 Å². The molecular weight excluding hydrogens is 240 g/mol. The molecule has 3 aliphatic rings. The molecule has 0 spiro atoms. The highest BCUT2D eigenvalue weighted by molar-refractivity contribution is 5.76. The Morgan fingerprint density at radius 3 is 2.74 bits per heavy atom. The van der Waals surface area contributed by atoms with Crippen LogP contribution in [0.15, 0.2) is 0 Å². The van der Waals surface area contributed by atoms with Crippen LogP contribution < -0.4 is 5.32 Å². The van der Waals surface area contributed by atoms with Crippen LogP contribution in [0, 0.1) is 16.7 Å². The van der Waals surface area contributed by atoms with E-state index < -0.39 is 0 Å². The molecule has 1 heterocycles. The molecule has 2 aliphatic carbocycles. The van der Waals surface area contributed by atoms with Crippen LogP contribution in [0.1, 0.15) is 40.0 Å². The van der Waals surface area contributed by atoms with E-state index in [0.717, 1.165) is 25.6 Å². The molecular formula is C15H26N2O2. The minimum Gasteiger partial charge on any atom is -0.376 e. The molecule has 4 heteroatoms. The van der Waals surface area contributed by atoms with Gasteiger partial charge in [0.2, 0.25) is 0 Å². The number of fused-ring (bicyclic) bond motifs is 2. The number of amides is 2. The number of ether oxygens (including phenoxy) is 1. The summed E-state index contributed by atoms with van der Waals surface area (Å²) in [5.74, 6) is 0.817. The minimum absolute atomic E-state index is 0.0584. The molecule has 4 nitrogen and oxygen atoms in total. The lowest BCUT2D eigenvalue weighted by Crippen LogP contribution is -2.39. The molecule has 108 valence electrons. The summed E-state index contributed by atoms with van der Waals surface area (Å²) < 4.78 is 6.16. The number of hydrogen-bond acceptors (Lipinski definition) is 2. The molecule has 3 rings (SSSR count). The van der Waals surface area contributed by atoms with E-state index >= 15 is 0 Å². The third kappa shape index (κ3) is 1.87. The first-order chi connectivity index (χ1) is 8.95. The van der Waals surface area contributed by atoms with Gasteiger partial charge in [-0.15, -0.1) is 0 Å². The second-order valence-electron chi connectivity index (χ2n) is 7.19. The number of hydrogen-bond donors (Lipinski definition) is 1. The van der Waals surface area contributed by atoms with Crippen molar-refractivity contribution < 1.29 is 9.53 Å². The van der Waals surface area contributed by atoms with Gasteiger partial charge in [-0.1, -0.05) is 20.8 Å². The van der Waals surface area contributed by atoms with Crippen LogP contribution in [0.4, 0.5) is 4.79 Å². The van der Waals surface area contributed by atoms with Crippen molar-refractivity contribution >= 4 is 6.03 Å². The number of nitrogens with zero attached hydrogens (tertiary/aromatic N) is 1. The Morgan fingerprint density at radius 1 is 1.42 bits per heavy atom. The normalized spacial score (nSPS) is 39.9. The molecule has 0 aromatic rings. The molecule has 1 saturated heterocycles. The fraction of sp³-hybridized carbons (Fsp3) is 0.933. The average molecular weight is 266 g/mol. The number of carbonyl (C=O) groups is 1. The van der Waals surface area contributed by atoms with Gasteiger partial charge < -0.3 is 15.0 Å². The molecule has 1 aliphatic heterocycles. The second-order valence-corrected chi connectivity index (χ2v) is 7.19. The Balaban J connectivity index is 1.53. The maximum absolute atomic E-state index is 11.5. The molecule has 0 radical (unpaired) electrons. The van der Waals surface area contributed by atoms with Gasteiger partial charge in [-0.25, -0.2) is 4.79 Å². The molecule has 1 N–H and O–H groups in total. The summed E-state index contributed by atoms with van der Waals surface area (Å²) >= 11 is 0. The van der Waals surface area contributed by atoms with Crippen molar-refractivity contribution in [3.8, 4) is 0 Å². The van der Waals surface area contributed by atoms with Crippen LogP contribution in [-0.4, -0.2) is 43.3 Å². The molecule has 0 aromatic heterocycles. The van der Waals surface area contributed by atoms with Crippen molar-refractivity contribution in [2.24, 2.45) is 16.7 Å². The Hall–Kier alpha value is -0.770. The third-order valence-electron chi connectivity index (χ3n) is 6.34. The van der Waals surface area contributed by atoms with E-state index in [1.807, 2.05) is 4.90 Å². The SMILES string of the molecule is CC1(C)C2CCC1(C)C(OCCN1CCNC1=O)C2. The lowest BCUT2D eigenvalue weighted by molar-refractivity contribution is -0.0490. The van der Waals surface area contributed by atoms with Crippen LogP contribution in [0.25, 0.3) is 0 Å². The van der Waals surface area contributed by atoms with E-state index in [2.05, 4.69) is 26.1 Å². The van der Waals surface area contributed by atoms with Crippen LogP contribution in [-0.2, 0) is 4.74 Å². The molecule has 2 amide bonds. The third-order valence-corrected chi connectivity index (χ3v) is 6.34. The van der Waals surface area contributed by atoms with E-state index in [1.54, 1.807) is 0 Å². The van der Waals surface area contributed by atoms with Crippen LogP contribution in [0.5, 0.6) is 0 Å². The largest absolute Gasteiger partial charge is 0.376 e. The highest BCUT2D eigenvalue weighted by Gasteiger charge is 2.61. The van der Waals surface area contributed by atoms with Crippen LogP contribution >= 0.6 is 0 Å². The molecule has 3 fully saturated rings. The monoisotopic (exact) mass is 266 g/mol. The Morgan fingerprint density at radius 2 is 2.21 bits per heavy atom. The van der Waals surface area contributed by atoms with Gasteiger partial charge in [0.05, 0.1) is 12.7 Å².